The van der Waals surface area contributed by atoms with Gasteiger partial charge in [-0.05, 0) is 66.3 Å². The first kappa shape index (κ1) is 20.4. The predicted octanol–water partition coefficient (Wildman–Crippen LogP) is 6.28. The first-order valence-electron chi connectivity index (χ1n) is 8.71. The molecule has 0 spiro atoms. The molecule has 7 heteroatoms. The van der Waals surface area contributed by atoms with Crippen molar-refractivity contribution in [1.82, 2.24) is 5.32 Å². The van der Waals surface area contributed by atoms with Gasteiger partial charge >= 0.3 is 0 Å². The van der Waals surface area contributed by atoms with E-state index in [-0.39, 0.29) is 11.0 Å². The van der Waals surface area contributed by atoms with Crippen LogP contribution in [0.5, 0.6) is 0 Å². The van der Waals surface area contributed by atoms with Crippen LogP contribution in [-0.2, 0) is 4.79 Å². The number of benzene rings is 3. The number of hydrogen-bond donors (Lipinski definition) is 2. The van der Waals surface area contributed by atoms with Crippen molar-refractivity contribution in [3.63, 3.8) is 0 Å². The van der Waals surface area contributed by atoms with Crippen LogP contribution in [0.2, 0.25) is 5.02 Å². The summed E-state index contributed by atoms with van der Waals surface area (Å²) in [5.41, 5.74) is 2.97. The molecule has 0 aliphatic carbocycles. The quantitative estimate of drug-likeness (QED) is 0.290. The topological polar surface area (TPSA) is 65.8 Å². The number of amides is 1. The highest BCUT2D eigenvalue weighted by Crippen LogP contribution is 2.20. The maximum absolute atomic E-state index is 12.0. The van der Waals surface area contributed by atoms with Gasteiger partial charge in [-0.2, -0.15) is 10.2 Å². The van der Waals surface area contributed by atoms with E-state index in [1.54, 1.807) is 36.4 Å². The van der Waals surface area contributed by atoms with Gasteiger partial charge in [0.2, 0.25) is 5.91 Å². The average Bonchev–Trinajstić information content (AvgIpc) is 2.73. The summed E-state index contributed by atoms with van der Waals surface area (Å²) in [5.74, 6) is -0.351. The Morgan fingerprint density at radius 2 is 1.48 bits per heavy atom. The Balaban J connectivity index is 1.52. The summed E-state index contributed by atoms with van der Waals surface area (Å²) in [6.07, 6.45) is 3.01. The van der Waals surface area contributed by atoms with Gasteiger partial charge in [-0.25, -0.2) is 0 Å². The highest BCUT2D eigenvalue weighted by atomic mass is 35.5. The van der Waals surface area contributed by atoms with Gasteiger partial charge in [0.25, 0.3) is 0 Å². The number of anilines is 1. The number of rotatable bonds is 5. The lowest BCUT2D eigenvalue weighted by Gasteiger charge is -2.08. The minimum absolute atomic E-state index is 0.192. The molecule has 0 saturated heterocycles. The van der Waals surface area contributed by atoms with Crippen molar-refractivity contribution in [3.05, 3.63) is 95.5 Å². The van der Waals surface area contributed by atoms with E-state index in [9.17, 15) is 4.79 Å². The molecule has 0 radical (unpaired) electrons. The van der Waals surface area contributed by atoms with E-state index in [0.29, 0.717) is 10.7 Å². The van der Waals surface area contributed by atoms with E-state index in [0.717, 1.165) is 16.9 Å². The Bertz CT molecular complexity index is 1050. The number of halogens is 1. The van der Waals surface area contributed by atoms with E-state index < -0.39 is 0 Å². The summed E-state index contributed by atoms with van der Waals surface area (Å²) < 4.78 is 0. The van der Waals surface area contributed by atoms with E-state index in [2.05, 4.69) is 20.9 Å². The second-order valence-electron chi connectivity index (χ2n) is 5.88. The molecule has 0 unspecified atom stereocenters. The summed E-state index contributed by atoms with van der Waals surface area (Å²) in [4.78, 5) is 12.0. The number of thiocarbonyl (C=S) groups is 1. The van der Waals surface area contributed by atoms with Crippen LogP contribution in [0.25, 0.3) is 6.08 Å². The first-order chi connectivity index (χ1) is 14.1. The first-order valence-corrected chi connectivity index (χ1v) is 9.50. The fourth-order valence-corrected chi connectivity index (χ4v) is 2.73. The van der Waals surface area contributed by atoms with Crippen LogP contribution in [0.3, 0.4) is 0 Å². The molecule has 0 aliphatic rings. The third-order valence-corrected chi connectivity index (χ3v) is 4.27. The SMILES string of the molecule is O=C(/C=C/c1ccccc1Cl)NC(=S)Nc1ccc(N=Nc2ccccc2)cc1. The predicted molar refractivity (Wildman–Crippen MR) is 122 cm³/mol. The Labute approximate surface area is 179 Å². The molecule has 0 heterocycles. The van der Waals surface area contributed by atoms with E-state index in [4.69, 9.17) is 23.8 Å². The summed E-state index contributed by atoms with van der Waals surface area (Å²) in [6, 6.07) is 23.9. The van der Waals surface area contributed by atoms with Gasteiger partial charge in [-0.15, -0.1) is 0 Å². The summed E-state index contributed by atoms with van der Waals surface area (Å²) in [7, 11) is 0. The number of carbonyl (C=O) groups is 1. The maximum Gasteiger partial charge on any atom is 0.250 e. The molecule has 1 amide bonds. The molecule has 0 bridgehead atoms. The average molecular weight is 421 g/mol. The minimum Gasteiger partial charge on any atom is -0.332 e. The minimum atomic E-state index is -0.351. The molecule has 0 saturated carbocycles. The van der Waals surface area contributed by atoms with Crippen molar-refractivity contribution < 1.29 is 4.79 Å². The molecule has 2 N–H and O–H groups in total. The van der Waals surface area contributed by atoms with Crippen LogP contribution in [-0.4, -0.2) is 11.0 Å². The summed E-state index contributed by atoms with van der Waals surface area (Å²) in [6.45, 7) is 0. The standard InChI is InChI=1S/C22H17ClN4OS/c23-20-9-5-4-6-16(20)10-15-21(28)25-22(29)24-17-11-13-19(14-12-17)27-26-18-7-2-1-3-8-18/h1-15H,(H2,24,25,28,29)/b15-10+,27-26?. The fraction of sp³-hybridized carbons (Fsp3) is 0. The van der Waals surface area contributed by atoms with Crippen molar-refractivity contribution in [1.29, 1.82) is 0 Å². The van der Waals surface area contributed by atoms with Gasteiger partial charge in [0.15, 0.2) is 5.11 Å². The number of carbonyl (C=O) groups excluding carboxylic acids is 1. The Hall–Kier alpha value is -3.35. The van der Waals surface area contributed by atoms with Gasteiger partial charge < -0.3 is 5.32 Å². The van der Waals surface area contributed by atoms with Gasteiger partial charge in [-0.1, -0.05) is 48.0 Å². The third kappa shape index (κ3) is 6.64. The lowest BCUT2D eigenvalue weighted by Crippen LogP contribution is -2.32. The zero-order chi connectivity index (χ0) is 20.5. The van der Waals surface area contributed by atoms with Crippen molar-refractivity contribution in [2.24, 2.45) is 10.2 Å². The molecule has 29 heavy (non-hydrogen) atoms. The van der Waals surface area contributed by atoms with Crippen molar-refractivity contribution in [3.8, 4) is 0 Å². The Morgan fingerprint density at radius 3 is 2.17 bits per heavy atom. The lowest BCUT2D eigenvalue weighted by molar-refractivity contribution is -0.115. The van der Waals surface area contributed by atoms with Crippen molar-refractivity contribution in [2.45, 2.75) is 0 Å². The molecule has 0 fully saturated rings. The number of nitrogens with zero attached hydrogens (tertiary/aromatic N) is 2. The van der Waals surface area contributed by atoms with E-state index in [1.165, 1.54) is 6.08 Å². The molecule has 3 rings (SSSR count). The van der Waals surface area contributed by atoms with Crippen LogP contribution in [0.4, 0.5) is 17.1 Å². The molecule has 3 aromatic rings. The van der Waals surface area contributed by atoms with E-state index >= 15 is 0 Å². The van der Waals surface area contributed by atoms with Crippen LogP contribution in [0.1, 0.15) is 5.56 Å². The fourth-order valence-electron chi connectivity index (χ4n) is 2.31. The third-order valence-electron chi connectivity index (χ3n) is 3.72. The molecular weight excluding hydrogens is 404 g/mol. The summed E-state index contributed by atoms with van der Waals surface area (Å²) in [5, 5.41) is 14.6. The van der Waals surface area contributed by atoms with E-state index in [1.807, 2.05) is 48.5 Å². The molecule has 144 valence electrons. The van der Waals surface area contributed by atoms with Crippen LogP contribution < -0.4 is 10.6 Å². The monoisotopic (exact) mass is 420 g/mol. The molecule has 3 aromatic carbocycles. The zero-order valence-corrected chi connectivity index (χ0v) is 16.8. The highest BCUT2D eigenvalue weighted by molar-refractivity contribution is 7.80. The zero-order valence-electron chi connectivity index (χ0n) is 15.2. The van der Waals surface area contributed by atoms with Gasteiger partial charge in [0.05, 0.1) is 11.4 Å². The highest BCUT2D eigenvalue weighted by Gasteiger charge is 2.03. The largest absolute Gasteiger partial charge is 0.332 e. The molecular formula is C22H17ClN4OS. The smallest absolute Gasteiger partial charge is 0.250 e. The second kappa shape index (κ2) is 10.3. The van der Waals surface area contributed by atoms with Gasteiger partial charge in [0.1, 0.15) is 0 Å². The second-order valence-corrected chi connectivity index (χ2v) is 6.70. The van der Waals surface area contributed by atoms with Gasteiger partial charge in [0, 0.05) is 16.8 Å². The number of azo groups is 1. The van der Waals surface area contributed by atoms with Crippen LogP contribution in [0, 0.1) is 0 Å². The molecule has 0 atom stereocenters. The van der Waals surface area contributed by atoms with Crippen LogP contribution >= 0.6 is 23.8 Å². The number of nitrogens with one attached hydrogen (secondary N) is 2. The lowest BCUT2D eigenvalue weighted by atomic mass is 10.2. The van der Waals surface area contributed by atoms with Crippen LogP contribution in [0.15, 0.2) is 95.2 Å². The molecule has 5 nitrogen and oxygen atoms in total. The van der Waals surface area contributed by atoms with Gasteiger partial charge in [-0.3, -0.25) is 10.1 Å². The number of hydrogen-bond acceptors (Lipinski definition) is 4. The van der Waals surface area contributed by atoms with Crippen molar-refractivity contribution >= 4 is 58.0 Å². The Kier molecular flexibility index (Phi) is 7.22. The molecule has 0 aromatic heterocycles. The van der Waals surface area contributed by atoms with Crippen molar-refractivity contribution in [2.75, 3.05) is 5.32 Å². The molecule has 0 aliphatic heterocycles. The normalized spacial score (nSPS) is 10.9. The maximum atomic E-state index is 12.0. The summed E-state index contributed by atoms with van der Waals surface area (Å²) >= 11 is 11.2. The Morgan fingerprint density at radius 1 is 0.862 bits per heavy atom.